The van der Waals surface area contributed by atoms with Gasteiger partial charge in [0.1, 0.15) is 5.41 Å². The molecule has 0 atom stereocenters. The predicted molar refractivity (Wildman–Crippen MR) is 124 cm³/mol. The lowest BCUT2D eigenvalue weighted by molar-refractivity contribution is -0.224. The number of hydrogen-bond donors (Lipinski definition) is 3. The molecule has 0 fully saturated rings. The monoisotopic (exact) mass is 476 g/mol. The predicted octanol–water partition coefficient (Wildman–Crippen LogP) is 1.13. The van der Waals surface area contributed by atoms with Crippen molar-refractivity contribution in [2.45, 2.75) is 45.8 Å². The number of carbonyl (C=O) groups is 5. The first-order valence-corrected chi connectivity index (χ1v) is 10.0. The lowest BCUT2D eigenvalue weighted by atomic mass is 9.54. The fraction of sp³-hybridized carbons (Fsp3) is 0.400. The second-order valence-electron chi connectivity index (χ2n) is 8.40. The van der Waals surface area contributed by atoms with E-state index in [2.05, 4.69) is 32.9 Å². The minimum atomic E-state index is -3.54. The van der Waals surface area contributed by atoms with Gasteiger partial charge in [-0.05, 0) is 56.9 Å². The average Bonchev–Trinajstić information content (AvgIpc) is 2.75. The minimum absolute atomic E-state index is 0.320. The van der Waals surface area contributed by atoms with Gasteiger partial charge >= 0.3 is 5.97 Å². The van der Waals surface area contributed by atoms with Gasteiger partial charge < -0.3 is 20.1 Å². The molecule has 0 saturated carbocycles. The molecular formula is C25H32O9. The highest BCUT2D eigenvalue weighted by Crippen LogP contribution is 2.49. The normalized spacial score (nSPS) is 11.8. The zero-order chi connectivity index (χ0) is 27.4. The van der Waals surface area contributed by atoms with E-state index in [1.165, 1.54) is 6.92 Å². The van der Waals surface area contributed by atoms with Crippen LogP contribution in [0.2, 0.25) is 0 Å². The molecule has 0 aromatic rings. The lowest BCUT2D eigenvalue weighted by Crippen LogP contribution is -2.77. The molecule has 0 aliphatic rings. The number of esters is 1. The van der Waals surface area contributed by atoms with Crippen LogP contribution in [0.1, 0.15) is 34.6 Å². The standard InChI is InChI=1S/C25H32O9/c1-13(2)18(28)24(33,19(29)14(3)4)23(11-26,12-27)25(20(30)15(5)6,21(31)16(7)8)34-22(32)17(9)10/h26-27,33H,1,3,5,7,9,11-12H2,2,4,6,8,10H3. The van der Waals surface area contributed by atoms with E-state index >= 15 is 0 Å². The van der Waals surface area contributed by atoms with Crippen LogP contribution in [0.15, 0.2) is 60.8 Å². The molecule has 3 N–H and O–H groups in total. The third-order valence-electron chi connectivity index (χ3n) is 5.35. The molecule has 0 radical (unpaired) electrons. The Morgan fingerprint density at radius 3 is 1.12 bits per heavy atom. The van der Waals surface area contributed by atoms with Gasteiger partial charge in [-0.2, -0.15) is 0 Å². The molecule has 9 heteroatoms. The topological polar surface area (TPSA) is 155 Å². The number of rotatable bonds is 14. The average molecular weight is 477 g/mol. The minimum Gasteiger partial charge on any atom is -0.438 e. The number of aliphatic hydroxyl groups is 3. The van der Waals surface area contributed by atoms with Crippen LogP contribution in [0.5, 0.6) is 0 Å². The number of aliphatic hydroxyl groups excluding tert-OH is 2. The van der Waals surface area contributed by atoms with Gasteiger partial charge in [0.15, 0.2) is 11.6 Å². The van der Waals surface area contributed by atoms with Crippen LogP contribution in [0.25, 0.3) is 0 Å². The summed E-state index contributed by atoms with van der Waals surface area (Å²) in [6, 6.07) is 0. The van der Waals surface area contributed by atoms with Crippen LogP contribution in [-0.4, -0.2) is 68.8 Å². The Bertz CT molecular complexity index is 953. The summed E-state index contributed by atoms with van der Waals surface area (Å²) in [4.78, 5) is 66.4. The van der Waals surface area contributed by atoms with Crippen molar-refractivity contribution in [3.8, 4) is 0 Å². The molecule has 34 heavy (non-hydrogen) atoms. The van der Waals surface area contributed by atoms with Gasteiger partial charge in [-0.15, -0.1) is 0 Å². The maximum atomic E-state index is 13.6. The van der Waals surface area contributed by atoms with E-state index in [4.69, 9.17) is 4.74 Å². The summed E-state index contributed by atoms with van der Waals surface area (Å²) in [5.74, 6) is -7.07. The summed E-state index contributed by atoms with van der Waals surface area (Å²) in [6.45, 7) is 19.6. The highest BCUT2D eigenvalue weighted by Gasteiger charge is 2.76. The largest absolute Gasteiger partial charge is 0.438 e. The zero-order valence-electron chi connectivity index (χ0n) is 20.2. The highest BCUT2D eigenvalue weighted by atomic mass is 16.6. The molecule has 0 heterocycles. The van der Waals surface area contributed by atoms with Crippen molar-refractivity contribution < 1.29 is 44.0 Å². The lowest BCUT2D eigenvalue weighted by Gasteiger charge is -2.52. The van der Waals surface area contributed by atoms with E-state index < -0.39 is 81.2 Å². The van der Waals surface area contributed by atoms with Crippen LogP contribution in [0.4, 0.5) is 0 Å². The first kappa shape index (κ1) is 30.7. The molecule has 9 nitrogen and oxygen atoms in total. The fourth-order valence-corrected chi connectivity index (χ4v) is 3.47. The SMILES string of the molecule is C=C(C)C(=O)OC(C(=O)C(=C)C)(C(=O)C(=C)C)C(CO)(CO)C(O)(C(=O)C(=C)C)C(=O)C(=C)C. The first-order chi connectivity index (χ1) is 15.4. The number of ketones is 4. The molecule has 0 amide bonds. The summed E-state index contributed by atoms with van der Waals surface area (Å²) in [5.41, 5.74) is -12.1. The van der Waals surface area contributed by atoms with Crippen LogP contribution in [0, 0.1) is 5.41 Å². The second kappa shape index (κ2) is 10.8. The Kier molecular flexibility index (Phi) is 9.74. The van der Waals surface area contributed by atoms with Crippen molar-refractivity contribution in [1.82, 2.24) is 0 Å². The van der Waals surface area contributed by atoms with E-state index in [9.17, 15) is 39.3 Å². The van der Waals surface area contributed by atoms with E-state index in [1.807, 2.05) is 0 Å². The molecule has 0 aromatic carbocycles. The van der Waals surface area contributed by atoms with E-state index in [0.29, 0.717) is 0 Å². The van der Waals surface area contributed by atoms with Gasteiger partial charge in [-0.25, -0.2) is 4.79 Å². The van der Waals surface area contributed by atoms with Gasteiger partial charge in [-0.3, -0.25) is 19.2 Å². The molecule has 0 aromatic heterocycles. The second-order valence-corrected chi connectivity index (χ2v) is 8.40. The molecule has 186 valence electrons. The molecular weight excluding hydrogens is 444 g/mol. The van der Waals surface area contributed by atoms with Crippen molar-refractivity contribution >= 4 is 29.1 Å². The Labute approximate surface area is 198 Å². The Morgan fingerprint density at radius 2 is 0.912 bits per heavy atom. The van der Waals surface area contributed by atoms with Gasteiger partial charge in [-0.1, -0.05) is 32.9 Å². The molecule has 0 aliphatic carbocycles. The third kappa shape index (κ3) is 4.54. The first-order valence-electron chi connectivity index (χ1n) is 10.0. The van der Waals surface area contributed by atoms with E-state index in [0.717, 1.165) is 27.7 Å². The molecule has 0 aliphatic heterocycles. The van der Waals surface area contributed by atoms with E-state index in [1.54, 1.807) is 0 Å². The molecule has 0 unspecified atom stereocenters. The molecule has 0 spiro atoms. The van der Waals surface area contributed by atoms with Crippen molar-refractivity contribution in [3.05, 3.63) is 60.8 Å². The fourth-order valence-electron chi connectivity index (χ4n) is 3.47. The van der Waals surface area contributed by atoms with Crippen molar-refractivity contribution in [2.24, 2.45) is 5.41 Å². The summed E-state index contributed by atoms with van der Waals surface area (Å²) < 4.78 is 5.30. The summed E-state index contributed by atoms with van der Waals surface area (Å²) in [5, 5.41) is 32.9. The van der Waals surface area contributed by atoms with Gasteiger partial charge in [0.2, 0.25) is 22.8 Å². The molecule has 0 rings (SSSR count). The van der Waals surface area contributed by atoms with Crippen molar-refractivity contribution in [3.63, 3.8) is 0 Å². The smallest absolute Gasteiger partial charge is 0.334 e. The Morgan fingerprint density at radius 1 is 0.618 bits per heavy atom. The van der Waals surface area contributed by atoms with Gasteiger partial charge in [0.25, 0.3) is 0 Å². The quantitative estimate of drug-likeness (QED) is 0.190. The summed E-state index contributed by atoms with van der Waals surface area (Å²) in [7, 11) is 0. The summed E-state index contributed by atoms with van der Waals surface area (Å²) >= 11 is 0. The molecule has 0 saturated heterocycles. The van der Waals surface area contributed by atoms with Crippen molar-refractivity contribution in [1.29, 1.82) is 0 Å². The van der Waals surface area contributed by atoms with Crippen LogP contribution >= 0.6 is 0 Å². The van der Waals surface area contributed by atoms with Crippen LogP contribution in [0.3, 0.4) is 0 Å². The number of ether oxygens (including phenoxy) is 1. The van der Waals surface area contributed by atoms with E-state index in [-0.39, 0.29) is 5.57 Å². The summed E-state index contributed by atoms with van der Waals surface area (Å²) in [6.07, 6.45) is 0. The van der Waals surface area contributed by atoms with Crippen LogP contribution < -0.4 is 0 Å². The van der Waals surface area contributed by atoms with Gasteiger partial charge in [0.05, 0.1) is 13.2 Å². The molecule has 0 bridgehead atoms. The van der Waals surface area contributed by atoms with Crippen LogP contribution in [-0.2, 0) is 28.7 Å². The zero-order valence-corrected chi connectivity index (χ0v) is 20.2. The van der Waals surface area contributed by atoms with Gasteiger partial charge in [0, 0.05) is 5.57 Å². The Balaban J connectivity index is 8.37. The number of hydrogen-bond acceptors (Lipinski definition) is 9. The highest BCUT2D eigenvalue weighted by molar-refractivity contribution is 6.28. The number of carbonyl (C=O) groups excluding carboxylic acids is 5. The Hall–Kier alpha value is -3.27. The maximum absolute atomic E-state index is 13.6. The number of Topliss-reactive ketones (excluding diaryl/α,β-unsaturated/α-hetero) is 4. The van der Waals surface area contributed by atoms with Crippen molar-refractivity contribution in [2.75, 3.05) is 13.2 Å². The maximum Gasteiger partial charge on any atom is 0.334 e. The third-order valence-corrected chi connectivity index (χ3v) is 5.35.